The van der Waals surface area contributed by atoms with Crippen LogP contribution >= 0.6 is 11.3 Å². The molecule has 0 unspecified atom stereocenters. The second-order valence-electron chi connectivity index (χ2n) is 7.13. The van der Waals surface area contributed by atoms with E-state index in [2.05, 4.69) is 37.1 Å². The molecule has 0 fully saturated rings. The van der Waals surface area contributed by atoms with E-state index >= 15 is 0 Å². The number of unbranched alkanes of at least 4 members (excludes halogenated alkanes) is 7. The quantitative estimate of drug-likeness (QED) is 0.287. The molecule has 0 saturated heterocycles. The fourth-order valence-corrected chi connectivity index (χ4v) is 4.34. The summed E-state index contributed by atoms with van der Waals surface area (Å²) in [6, 6.07) is 2.37. The zero-order valence-corrected chi connectivity index (χ0v) is 17.4. The molecule has 1 aromatic rings. The van der Waals surface area contributed by atoms with Crippen LogP contribution in [-0.2, 0) is 12.8 Å². The molecule has 0 aliphatic rings. The first kappa shape index (κ1) is 21.7. The molecule has 0 radical (unpaired) electrons. The molecular formula is C22H41NS. The third kappa shape index (κ3) is 9.84. The molecule has 0 atom stereocenters. The molecule has 0 saturated carbocycles. The molecule has 1 heterocycles. The third-order valence-electron chi connectivity index (χ3n) is 5.04. The van der Waals surface area contributed by atoms with Gasteiger partial charge in [-0.2, -0.15) is 0 Å². The van der Waals surface area contributed by atoms with Gasteiger partial charge < -0.3 is 4.90 Å². The summed E-state index contributed by atoms with van der Waals surface area (Å²) in [5.41, 5.74) is 1.64. The highest BCUT2D eigenvalue weighted by molar-refractivity contribution is 7.10. The maximum Gasteiger partial charge on any atom is 0.00772 e. The number of hydrogen-bond acceptors (Lipinski definition) is 2. The van der Waals surface area contributed by atoms with Gasteiger partial charge in [0, 0.05) is 4.88 Å². The van der Waals surface area contributed by atoms with Crippen molar-refractivity contribution in [3.8, 4) is 0 Å². The van der Waals surface area contributed by atoms with Crippen molar-refractivity contribution in [2.75, 3.05) is 19.6 Å². The Balaban J connectivity index is 2.08. The summed E-state index contributed by atoms with van der Waals surface area (Å²) in [5, 5.41) is 2.30. The molecule has 0 aliphatic heterocycles. The lowest BCUT2D eigenvalue weighted by atomic mass is 10.0. The van der Waals surface area contributed by atoms with Crippen LogP contribution in [0.1, 0.15) is 95.4 Å². The van der Waals surface area contributed by atoms with Crippen LogP contribution < -0.4 is 0 Å². The van der Waals surface area contributed by atoms with E-state index < -0.39 is 0 Å². The minimum Gasteiger partial charge on any atom is -0.304 e. The van der Waals surface area contributed by atoms with Crippen LogP contribution in [0.3, 0.4) is 0 Å². The molecule has 0 aliphatic carbocycles. The Bertz CT molecular complexity index is 385. The highest BCUT2D eigenvalue weighted by atomic mass is 32.1. The molecule has 0 N–H and O–H groups in total. The van der Waals surface area contributed by atoms with Crippen molar-refractivity contribution in [1.82, 2.24) is 4.90 Å². The lowest BCUT2D eigenvalue weighted by Gasteiger charge is -2.20. The van der Waals surface area contributed by atoms with E-state index in [1.54, 1.807) is 10.4 Å². The van der Waals surface area contributed by atoms with Gasteiger partial charge >= 0.3 is 0 Å². The van der Waals surface area contributed by atoms with Crippen LogP contribution in [0.15, 0.2) is 11.4 Å². The highest BCUT2D eigenvalue weighted by Crippen LogP contribution is 2.22. The van der Waals surface area contributed by atoms with Crippen LogP contribution in [-0.4, -0.2) is 24.5 Å². The van der Waals surface area contributed by atoms with Gasteiger partial charge in [0.05, 0.1) is 0 Å². The average Bonchev–Trinajstić information content (AvgIpc) is 3.04. The monoisotopic (exact) mass is 351 g/mol. The highest BCUT2D eigenvalue weighted by Gasteiger charge is 2.05. The fourth-order valence-electron chi connectivity index (χ4n) is 3.36. The summed E-state index contributed by atoms with van der Waals surface area (Å²) >= 11 is 1.98. The Morgan fingerprint density at radius 3 is 2.08 bits per heavy atom. The molecule has 2 heteroatoms. The summed E-state index contributed by atoms with van der Waals surface area (Å²) in [6.07, 6.45) is 16.3. The van der Waals surface area contributed by atoms with E-state index in [9.17, 15) is 0 Å². The maximum atomic E-state index is 2.64. The normalized spacial score (nSPS) is 11.5. The molecule has 140 valence electrons. The largest absolute Gasteiger partial charge is 0.304 e. The van der Waals surface area contributed by atoms with Crippen molar-refractivity contribution < 1.29 is 0 Å². The molecule has 0 aromatic carbocycles. The van der Waals surface area contributed by atoms with Gasteiger partial charge in [-0.25, -0.2) is 0 Å². The van der Waals surface area contributed by atoms with Gasteiger partial charge in [0.2, 0.25) is 0 Å². The zero-order valence-electron chi connectivity index (χ0n) is 16.6. The Morgan fingerprint density at radius 2 is 1.38 bits per heavy atom. The first-order valence-corrected chi connectivity index (χ1v) is 11.5. The van der Waals surface area contributed by atoms with E-state index in [1.807, 2.05) is 11.3 Å². The second kappa shape index (κ2) is 15.0. The molecule has 0 bridgehead atoms. The van der Waals surface area contributed by atoms with Crippen molar-refractivity contribution in [2.24, 2.45) is 0 Å². The SMILES string of the molecule is CCCCCc1sccc1CCCCCCN(CC)CCCCC. The molecule has 1 nitrogen and oxygen atoms in total. The van der Waals surface area contributed by atoms with Gasteiger partial charge in [-0.15, -0.1) is 11.3 Å². The Hall–Kier alpha value is -0.340. The molecule has 0 amide bonds. The predicted octanol–water partition coefficient (Wildman–Crippen LogP) is 7.10. The maximum absolute atomic E-state index is 2.64. The molecular weight excluding hydrogens is 310 g/mol. The van der Waals surface area contributed by atoms with E-state index in [-0.39, 0.29) is 0 Å². The fraction of sp³-hybridized carbons (Fsp3) is 0.818. The molecule has 0 spiro atoms. The van der Waals surface area contributed by atoms with Crippen LogP contribution in [0, 0.1) is 0 Å². The second-order valence-corrected chi connectivity index (χ2v) is 8.13. The summed E-state index contributed by atoms with van der Waals surface area (Å²) in [4.78, 5) is 4.30. The van der Waals surface area contributed by atoms with E-state index in [0.717, 1.165) is 0 Å². The minimum atomic E-state index is 1.22. The topological polar surface area (TPSA) is 3.24 Å². The Labute approximate surface area is 155 Å². The lowest BCUT2D eigenvalue weighted by Crippen LogP contribution is -2.25. The smallest absolute Gasteiger partial charge is 0.00772 e. The van der Waals surface area contributed by atoms with Gasteiger partial charge in [-0.05, 0) is 75.2 Å². The van der Waals surface area contributed by atoms with Crippen LogP contribution in [0.5, 0.6) is 0 Å². The molecule has 24 heavy (non-hydrogen) atoms. The standard InChI is InChI=1S/C22H41NS/c1-4-7-11-16-22-21(17-20-24-22)15-12-9-10-14-19-23(6-3)18-13-8-5-2/h17,20H,4-16,18-19H2,1-3H3. The van der Waals surface area contributed by atoms with Crippen molar-refractivity contribution in [3.05, 3.63) is 21.9 Å². The first-order valence-electron chi connectivity index (χ1n) is 10.6. The Kier molecular flexibility index (Phi) is 13.5. The van der Waals surface area contributed by atoms with Gasteiger partial charge in [0.15, 0.2) is 0 Å². The van der Waals surface area contributed by atoms with E-state index in [4.69, 9.17) is 0 Å². The van der Waals surface area contributed by atoms with Crippen LogP contribution in [0.2, 0.25) is 0 Å². The molecule has 1 rings (SSSR count). The third-order valence-corrected chi connectivity index (χ3v) is 6.06. The van der Waals surface area contributed by atoms with Gasteiger partial charge in [0.25, 0.3) is 0 Å². The predicted molar refractivity (Wildman–Crippen MR) is 111 cm³/mol. The van der Waals surface area contributed by atoms with Gasteiger partial charge in [-0.3, -0.25) is 0 Å². The summed E-state index contributed by atoms with van der Waals surface area (Å²) < 4.78 is 0. The van der Waals surface area contributed by atoms with Gasteiger partial charge in [-0.1, -0.05) is 59.3 Å². The summed E-state index contributed by atoms with van der Waals surface area (Å²) in [7, 11) is 0. The summed E-state index contributed by atoms with van der Waals surface area (Å²) in [6.45, 7) is 10.7. The van der Waals surface area contributed by atoms with Crippen LogP contribution in [0.4, 0.5) is 0 Å². The minimum absolute atomic E-state index is 1.22. The lowest BCUT2D eigenvalue weighted by molar-refractivity contribution is 0.274. The van der Waals surface area contributed by atoms with Crippen molar-refractivity contribution in [1.29, 1.82) is 0 Å². The van der Waals surface area contributed by atoms with Crippen molar-refractivity contribution in [3.63, 3.8) is 0 Å². The Morgan fingerprint density at radius 1 is 0.750 bits per heavy atom. The van der Waals surface area contributed by atoms with Crippen molar-refractivity contribution in [2.45, 2.75) is 97.8 Å². The number of thiophene rings is 1. The van der Waals surface area contributed by atoms with Crippen molar-refractivity contribution >= 4 is 11.3 Å². The number of nitrogens with zero attached hydrogens (tertiary/aromatic N) is 1. The van der Waals surface area contributed by atoms with E-state index in [1.165, 1.54) is 96.7 Å². The van der Waals surface area contributed by atoms with Gasteiger partial charge in [0.1, 0.15) is 0 Å². The number of hydrogen-bond donors (Lipinski definition) is 0. The summed E-state index contributed by atoms with van der Waals surface area (Å²) in [5.74, 6) is 0. The van der Waals surface area contributed by atoms with Crippen LogP contribution in [0.25, 0.3) is 0 Å². The van der Waals surface area contributed by atoms with E-state index in [0.29, 0.717) is 0 Å². The zero-order chi connectivity index (χ0) is 17.5. The first-order chi connectivity index (χ1) is 11.8. The number of rotatable bonds is 16. The molecule has 1 aromatic heterocycles. The number of aryl methyl sites for hydroxylation is 2. The average molecular weight is 352 g/mol.